The summed E-state index contributed by atoms with van der Waals surface area (Å²) in [6, 6.07) is -0.116. The Morgan fingerprint density at radius 3 is 2.68 bits per heavy atom. The largest absolute Gasteiger partial charge is 0.358 e. The van der Waals surface area contributed by atoms with Crippen LogP contribution in [0.4, 0.5) is 0 Å². The first-order valence-electron chi connectivity index (χ1n) is 7.35. The molecule has 1 aliphatic heterocycles. The Kier molecular flexibility index (Phi) is 6.84. The molecule has 19 heavy (non-hydrogen) atoms. The Morgan fingerprint density at radius 1 is 1.37 bits per heavy atom. The van der Waals surface area contributed by atoms with Crippen LogP contribution in [0.1, 0.15) is 39.5 Å². The highest BCUT2D eigenvalue weighted by Crippen LogP contribution is 2.20. The number of likely N-dealkylation sites (N-methyl/N-ethyl adjacent to an activating group) is 1. The second-order valence-corrected chi connectivity index (χ2v) is 5.24. The number of carbonyl (C=O) groups excluding carboxylic acids is 2. The maximum absolute atomic E-state index is 12.5. The zero-order valence-electron chi connectivity index (χ0n) is 12.4. The van der Waals surface area contributed by atoms with E-state index in [1.54, 1.807) is 11.9 Å². The first kappa shape index (κ1) is 16.0. The third kappa shape index (κ3) is 4.82. The van der Waals surface area contributed by atoms with Gasteiger partial charge in [-0.15, -0.1) is 0 Å². The van der Waals surface area contributed by atoms with Gasteiger partial charge in [0.05, 0.1) is 12.6 Å². The third-order valence-corrected chi connectivity index (χ3v) is 3.81. The first-order valence-corrected chi connectivity index (χ1v) is 7.35. The van der Waals surface area contributed by atoms with Gasteiger partial charge in [0.15, 0.2) is 0 Å². The van der Waals surface area contributed by atoms with Gasteiger partial charge in [0.2, 0.25) is 11.8 Å². The fraction of sp³-hybridized carbons (Fsp3) is 0.857. The van der Waals surface area contributed by atoms with Gasteiger partial charge in [-0.3, -0.25) is 9.59 Å². The Bertz CT molecular complexity index is 307. The number of hydrogen-bond donors (Lipinski definition) is 2. The number of piperidine rings is 1. The van der Waals surface area contributed by atoms with Crippen LogP contribution in [0, 0.1) is 5.92 Å². The molecule has 0 aromatic carbocycles. The summed E-state index contributed by atoms with van der Waals surface area (Å²) in [5.41, 5.74) is 0. The zero-order valence-corrected chi connectivity index (χ0v) is 12.4. The summed E-state index contributed by atoms with van der Waals surface area (Å²) in [5, 5.41) is 5.87. The zero-order chi connectivity index (χ0) is 14.3. The van der Waals surface area contributed by atoms with Crippen LogP contribution in [-0.2, 0) is 9.59 Å². The summed E-state index contributed by atoms with van der Waals surface area (Å²) in [7, 11) is 1.60. The van der Waals surface area contributed by atoms with E-state index in [1.165, 1.54) is 0 Å². The van der Waals surface area contributed by atoms with E-state index < -0.39 is 0 Å². The van der Waals surface area contributed by atoms with Gasteiger partial charge in [-0.25, -0.2) is 0 Å². The molecule has 0 aliphatic carbocycles. The number of rotatable bonds is 6. The maximum atomic E-state index is 12.5. The maximum Gasteiger partial charge on any atom is 0.240 e. The van der Waals surface area contributed by atoms with Crippen molar-refractivity contribution < 1.29 is 9.59 Å². The second-order valence-electron chi connectivity index (χ2n) is 5.24. The van der Waals surface area contributed by atoms with Crippen LogP contribution < -0.4 is 10.6 Å². The topological polar surface area (TPSA) is 61.4 Å². The SMILES string of the molecule is CCCN(CC(=O)NC)C(=O)C1CC(CC)CCN1. The van der Waals surface area contributed by atoms with Gasteiger partial charge in [0.1, 0.15) is 0 Å². The predicted molar refractivity (Wildman–Crippen MR) is 75.7 cm³/mol. The summed E-state index contributed by atoms with van der Waals surface area (Å²) < 4.78 is 0. The molecule has 0 radical (unpaired) electrons. The molecule has 0 aromatic heterocycles. The summed E-state index contributed by atoms with van der Waals surface area (Å²) >= 11 is 0. The lowest BCUT2D eigenvalue weighted by Crippen LogP contribution is -2.52. The molecule has 1 fully saturated rings. The number of carbonyl (C=O) groups is 2. The molecule has 2 unspecified atom stereocenters. The second kappa shape index (κ2) is 8.15. The van der Waals surface area contributed by atoms with Gasteiger partial charge in [-0.1, -0.05) is 20.3 Å². The third-order valence-electron chi connectivity index (χ3n) is 3.81. The molecule has 5 heteroatoms. The molecule has 2 N–H and O–H groups in total. The molecule has 2 atom stereocenters. The average Bonchev–Trinajstić information content (AvgIpc) is 2.45. The van der Waals surface area contributed by atoms with Crippen LogP contribution in [-0.4, -0.2) is 49.4 Å². The summed E-state index contributed by atoms with van der Waals surface area (Å²) in [6.07, 6.45) is 4.02. The molecule has 2 amide bonds. The van der Waals surface area contributed by atoms with Crippen molar-refractivity contribution in [1.82, 2.24) is 15.5 Å². The summed E-state index contributed by atoms with van der Waals surface area (Å²) in [4.78, 5) is 25.6. The van der Waals surface area contributed by atoms with Gasteiger partial charge >= 0.3 is 0 Å². The van der Waals surface area contributed by atoms with E-state index in [0.717, 1.165) is 32.2 Å². The van der Waals surface area contributed by atoms with Crippen molar-refractivity contribution in [3.8, 4) is 0 Å². The minimum atomic E-state index is -0.116. The van der Waals surface area contributed by atoms with E-state index in [-0.39, 0.29) is 24.4 Å². The molecule has 0 aromatic rings. The van der Waals surface area contributed by atoms with Gasteiger partial charge in [-0.05, 0) is 31.7 Å². The lowest BCUT2D eigenvalue weighted by molar-refractivity contribution is -0.138. The minimum absolute atomic E-state index is 0.0728. The Labute approximate surface area is 116 Å². The standard InChI is InChI=1S/C14H27N3O2/c1-4-8-17(10-13(18)15-3)14(19)12-9-11(5-2)6-7-16-12/h11-12,16H,4-10H2,1-3H3,(H,15,18). The summed E-state index contributed by atoms with van der Waals surface area (Å²) in [5.74, 6) is 0.590. The van der Waals surface area contributed by atoms with E-state index in [4.69, 9.17) is 0 Å². The first-order chi connectivity index (χ1) is 9.12. The van der Waals surface area contributed by atoms with Crippen molar-refractivity contribution in [3.63, 3.8) is 0 Å². The quantitative estimate of drug-likeness (QED) is 0.748. The lowest BCUT2D eigenvalue weighted by atomic mass is 9.90. The predicted octanol–water partition coefficient (Wildman–Crippen LogP) is 0.749. The molecule has 1 saturated heterocycles. The normalized spacial score (nSPS) is 22.9. The van der Waals surface area contributed by atoms with E-state index in [9.17, 15) is 9.59 Å². The van der Waals surface area contributed by atoms with E-state index in [2.05, 4.69) is 17.6 Å². The fourth-order valence-electron chi connectivity index (χ4n) is 2.57. The molecule has 110 valence electrons. The number of nitrogens with one attached hydrogen (secondary N) is 2. The van der Waals surface area contributed by atoms with Crippen molar-refractivity contribution in [2.75, 3.05) is 26.7 Å². The van der Waals surface area contributed by atoms with E-state index in [1.807, 2.05) is 6.92 Å². The number of nitrogens with zero attached hydrogens (tertiary/aromatic N) is 1. The highest BCUT2D eigenvalue weighted by atomic mass is 16.2. The molecule has 5 nitrogen and oxygen atoms in total. The molecular weight excluding hydrogens is 242 g/mol. The smallest absolute Gasteiger partial charge is 0.240 e. The Morgan fingerprint density at radius 2 is 2.11 bits per heavy atom. The van der Waals surface area contributed by atoms with Crippen LogP contribution in [0.5, 0.6) is 0 Å². The molecule has 0 spiro atoms. The molecule has 1 aliphatic rings. The van der Waals surface area contributed by atoms with Gasteiger partial charge in [-0.2, -0.15) is 0 Å². The summed E-state index contributed by atoms with van der Waals surface area (Å²) in [6.45, 7) is 5.90. The van der Waals surface area contributed by atoms with Crippen molar-refractivity contribution in [3.05, 3.63) is 0 Å². The lowest BCUT2D eigenvalue weighted by Gasteiger charge is -2.32. The highest BCUT2D eigenvalue weighted by molar-refractivity contribution is 5.87. The van der Waals surface area contributed by atoms with E-state index >= 15 is 0 Å². The minimum Gasteiger partial charge on any atom is -0.358 e. The fourth-order valence-corrected chi connectivity index (χ4v) is 2.57. The average molecular weight is 269 g/mol. The highest BCUT2D eigenvalue weighted by Gasteiger charge is 2.29. The van der Waals surface area contributed by atoms with Crippen molar-refractivity contribution in [2.45, 2.75) is 45.6 Å². The Hall–Kier alpha value is -1.10. The monoisotopic (exact) mass is 269 g/mol. The molecule has 1 rings (SSSR count). The van der Waals surface area contributed by atoms with Crippen LogP contribution in [0.3, 0.4) is 0 Å². The van der Waals surface area contributed by atoms with Crippen molar-refractivity contribution in [1.29, 1.82) is 0 Å². The van der Waals surface area contributed by atoms with Gasteiger partial charge < -0.3 is 15.5 Å². The molecule has 0 bridgehead atoms. The van der Waals surface area contributed by atoms with Crippen LogP contribution in [0.15, 0.2) is 0 Å². The van der Waals surface area contributed by atoms with Crippen LogP contribution in [0.25, 0.3) is 0 Å². The van der Waals surface area contributed by atoms with E-state index in [0.29, 0.717) is 12.5 Å². The molecule has 0 saturated carbocycles. The molecule has 1 heterocycles. The van der Waals surface area contributed by atoms with Crippen LogP contribution >= 0.6 is 0 Å². The van der Waals surface area contributed by atoms with Gasteiger partial charge in [0, 0.05) is 13.6 Å². The Balaban J connectivity index is 2.61. The van der Waals surface area contributed by atoms with Crippen molar-refractivity contribution >= 4 is 11.8 Å². The molecular formula is C14H27N3O2. The van der Waals surface area contributed by atoms with Crippen LogP contribution in [0.2, 0.25) is 0 Å². The number of hydrogen-bond acceptors (Lipinski definition) is 3. The van der Waals surface area contributed by atoms with Crippen molar-refractivity contribution in [2.24, 2.45) is 5.92 Å². The van der Waals surface area contributed by atoms with Gasteiger partial charge in [0.25, 0.3) is 0 Å². The number of amides is 2.